The van der Waals surface area contributed by atoms with Gasteiger partial charge in [0.2, 0.25) is 5.91 Å². The van der Waals surface area contributed by atoms with Crippen LogP contribution in [0, 0.1) is 0 Å². The number of pyridine rings is 1. The highest BCUT2D eigenvalue weighted by Crippen LogP contribution is 2.12. The molecule has 0 aliphatic carbocycles. The van der Waals surface area contributed by atoms with E-state index in [2.05, 4.69) is 9.72 Å². The molecule has 0 fully saturated rings. The summed E-state index contributed by atoms with van der Waals surface area (Å²) in [6, 6.07) is 10.5. The highest BCUT2D eigenvalue weighted by Gasteiger charge is 2.20. The number of alkyl carbamates (subject to hydrolysis) is 1. The lowest BCUT2D eigenvalue weighted by atomic mass is 10.2. The number of amides is 3. The van der Waals surface area contributed by atoms with Crippen molar-refractivity contribution in [2.24, 2.45) is 0 Å². The number of imide groups is 1. The first-order valence-electron chi connectivity index (χ1n) is 8.71. The van der Waals surface area contributed by atoms with Crippen LogP contribution in [0.3, 0.4) is 0 Å². The number of benzene rings is 1. The Labute approximate surface area is 161 Å². The Balaban J connectivity index is 1.90. The van der Waals surface area contributed by atoms with E-state index in [4.69, 9.17) is 4.74 Å². The number of para-hydroxylation sites is 1. The van der Waals surface area contributed by atoms with Crippen molar-refractivity contribution in [1.29, 1.82) is 0 Å². The van der Waals surface area contributed by atoms with Gasteiger partial charge in [0.15, 0.2) is 6.61 Å². The molecule has 2 aromatic rings. The third-order valence-corrected chi connectivity index (χ3v) is 3.72. The van der Waals surface area contributed by atoms with E-state index >= 15 is 0 Å². The number of carbonyl (C=O) groups excluding carboxylic acids is 4. The van der Waals surface area contributed by atoms with Crippen LogP contribution in [0.15, 0.2) is 36.4 Å². The van der Waals surface area contributed by atoms with Crippen molar-refractivity contribution in [3.8, 4) is 0 Å². The van der Waals surface area contributed by atoms with E-state index in [9.17, 15) is 19.2 Å². The Morgan fingerprint density at radius 2 is 1.79 bits per heavy atom. The highest BCUT2D eigenvalue weighted by molar-refractivity contribution is 5.95. The number of ether oxygens (including phenoxy) is 2. The molecule has 0 aliphatic rings. The number of fused-ring (bicyclic) bond motifs is 1. The molecular formula is C19H21N3O6. The van der Waals surface area contributed by atoms with Crippen LogP contribution in [0.25, 0.3) is 10.9 Å². The van der Waals surface area contributed by atoms with Crippen molar-refractivity contribution in [3.05, 3.63) is 42.1 Å². The summed E-state index contributed by atoms with van der Waals surface area (Å²) < 4.78 is 9.60. The number of carbonyl (C=O) groups is 4. The molecule has 0 unspecified atom stereocenters. The SMILES string of the molecule is CCOC(=O)NC(=O)CN(CC)C(=O)COC(=O)c1ccc2ccccc2n1. The van der Waals surface area contributed by atoms with Gasteiger partial charge in [0.05, 0.1) is 12.1 Å². The monoisotopic (exact) mass is 387 g/mol. The van der Waals surface area contributed by atoms with E-state index in [0.29, 0.717) is 5.52 Å². The van der Waals surface area contributed by atoms with E-state index in [-0.39, 0.29) is 25.4 Å². The lowest BCUT2D eigenvalue weighted by Gasteiger charge is -2.19. The molecule has 1 aromatic heterocycles. The van der Waals surface area contributed by atoms with Gasteiger partial charge in [0.25, 0.3) is 5.91 Å². The number of likely N-dealkylation sites (N-methyl/N-ethyl adjacent to an activating group) is 1. The summed E-state index contributed by atoms with van der Waals surface area (Å²) in [5.74, 6) is -2.02. The smallest absolute Gasteiger partial charge is 0.413 e. The summed E-state index contributed by atoms with van der Waals surface area (Å²) in [5.41, 5.74) is 0.712. The van der Waals surface area contributed by atoms with Gasteiger partial charge in [-0.25, -0.2) is 14.6 Å². The fourth-order valence-corrected chi connectivity index (χ4v) is 2.34. The fraction of sp³-hybridized carbons (Fsp3) is 0.316. The summed E-state index contributed by atoms with van der Waals surface area (Å²) in [6.45, 7) is 2.66. The minimum Gasteiger partial charge on any atom is -0.451 e. The van der Waals surface area contributed by atoms with Gasteiger partial charge in [-0.3, -0.25) is 14.9 Å². The predicted molar refractivity (Wildman–Crippen MR) is 99.4 cm³/mol. The average Bonchev–Trinajstić information content (AvgIpc) is 2.69. The third kappa shape index (κ3) is 5.76. The highest BCUT2D eigenvalue weighted by atomic mass is 16.5. The van der Waals surface area contributed by atoms with Crippen molar-refractivity contribution in [3.63, 3.8) is 0 Å². The molecule has 0 saturated carbocycles. The molecule has 0 saturated heterocycles. The summed E-state index contributed by atoms with van der Waals surface area (Å²) in [6.07, 6.45) is -0.884. The van der Waals surface area contributed by atoms with Crippen molar-refractivity contribution in [1.82, 2.24) is 15.2 Å². The molecule has 3 amide bonds. The van der Waals surface area contributed by atoms with Crippen LogP contribution in [0.2, 0.25) is 0 Å². The topological polar surface area (TPSA) is 115 Å². The molecule has 1 heterocycles. The molecule has 1 aromatic carbocycles. The largest absolute Gasteiger partial charge is 0.451 e. The van der Waals surface area contributed by atoms with Crippen LogP contribution in [-0.4, -0.2) is 60.1 Å². The number of nitrogens with one attached hydrogen (secondary N) is 1. The first-order valence-corrected chi connectivity index (χ1v) is 8.71. The molecule has 1 N–H and O–H groups in total. The minimum atomic E-state index is -0.884. The molecule has 28 heavy (non-hydrogen) atoms. The minimum absolute atomic E-state index is 0.0783. The Kier molecular flexibility index (Phi) is 7.44. The molecule has 2 rings (SSSR count). The standard InChI is InChI=1S/C19H21N3O6/c1-3-22(11-16(23)21-19(26)27-4-2)17(24)12-28-18(25)15-10-9-13-7-5-6-8-14(13)20-15/h5-10H,3-4,11-12H2,1-2H3,(H,21,23,26). The van der Waals surface area contributed by atoms with Crippen LogP contribution < -0.4 is 5.32 Å². The molecule has 0 radical (unpaired) electrons. The zero-order valence-corrected chi connectivity index (χ0v) is 15.6. The van der Waals surface area contributed by atoms with Gasteiger partial charge >= 0.3 is 12.1 Å². The zero-order valence-electron chi connectivity index (χ0n) is 15.6. The van der Waals surface area contributed by atoms with Crippen molar-refractivity contribution in [2.45, 2.75) is 13.8 Å². The van der Waals surface area contributed by atoms with E-state index in [0.717, 1.165) is 10.3 Å². The Morgan fingerprint density at radius 3 is 2.50 bits per heavy atom. The zero-order chi connectivity index (χ0) is 20.5. The molecular weight excluding hydrogens is 366 g/mol. The first kappa shape index (κ1) is 20.8. The molecule has 0 bridgehead atoms. The van der Waals surface area contributed by atoms with E-state index in [1.54, 1.807) is 32.0 Å². The number of esters is 1. The van der Waals surface area contributed by atoms with E-state index in [1.807, 2.05) is 17.4 Å². The Hall–Kier alpha value is -3.49. The average molecular weight is 387 g/mol. The summed E-state index contributed by atoms with van der Waals surface area (Å²) in [5, 5.41) is 2.87. The van der Waals surface area contributed by atoms with Crippen LogP contribution >= 0.6 is 0 Å². The summed E-state index contributed by atoms with van der Waals surface area (Å²) in [4.78, 5) is 52.7. The quantitative estimate of drug-likeness (QED) is 0.716. The molecule has 0 aliphatic heterocycles. The number of hydrogen-bond donors (Lipinski definition) is 1. The summed E-state index contributed by atoms with van der Waals surface area (Å²) in [7, 11) is 0. The van der Waals surface area contributed by atoms with Gasteiger partial charge in [-0.15, -0.1) is 0 Å². The molecule has 0 spiro atoms. The normalized spacial score (nSPS) is 10.2. The van der Waals surface area contributed by atoms with Gasteiger partial charge in [-0.05, 0) is 26.0 Å². The summed E-state index contributed by atoms with van der Waals surface area (Å²) >= 11 is 0. The number of rotatable bonds is 7. The molecule has 9 nitrogen and oxygen atoms in total. The second kappa shape index (κ2) is 10.0. The van der Waals surface area contributed by atoms with Crippen LogP contribution in [0.5, 0.6) is 0 Å². The van der Waals surface area contributed by atoms with Crippen molar-refractivity contribution in [2.75, 3.05) is 26.3 Å². The van der Waals surface area contributed by atoms with Crippen LogP contribution in [-0.2, 0) is 19.1 Å². The van der Waals surface area contributed by atoms with Gasteiger partial charge in [0.1, 0.15) is 12.2 Å². The molecule has 148 valence electrons. The Morgan fingerprint density at radius 1 is 1.04 bits per heavy atom. The van der Waals surface area contributed by atoms with E-state index < -0.39 is 30.5 Å². The number of aromatic nitrogens is 1. The third-order valence-electron chi connectivity index (χ3n) is 3.72. The second-order valence-electron chi connectivity index (χ2n) is 5.64. The maximum absolute atomic E-state index is 12.2. The maximum Gasteiger partial charge on any atom is 0.413 e. The second-order valence-corrected chi connectivity index (χ2v) is 5.64. The maximum atomic E-state index is 12.2. The van der Waals surface area contributed by atoms with E-state index in [1.165, 1.54) is 6.07 Å². The first-order chi connectivity index (χ1) is 13.4. The Bertz CT molecular complexity index is 883. The fourth-order valence-electron chi connectivity index (χ4n) is 2.34. The van der Waals surface area contributed by atoms with Gasteiger partial charge in [0, 0.05) is 11.9 Å². The molecule has 0 atom stereocenters. The number of hydrogen-bond acceptors (Lipinski definition) is 7. The lowest BCUT2D eigenvalue weighted by Crippen LogP contribution is -2.44. The van der Waals surface area contributed by atoms with Gasteiger partial charge < -0.3 is 14.4 Å². The van der Waals surface area contributed by atoms with Gasteiger partial charge in [-0.1, -0.05) is 24.3 Å². The number of nitrogens with zero attached hydrogens (tertiary/aromatic N) is 2. The van der Waals surface area contributed by atoms with Gasteiger partial charge in [-0.2, -0.15) is 0 Å². The van der Waals surface area contributed by atoms with Crippen LogP contribution in [0.1, 0.15) is 24.3 Å². The van der Waals surface area contributed by atoms with Crippen LogP contribution in [0.4, 0.5) is 4.79 Å². The van der Waals surface area contributed by atoms with Crippen molar-refractivity contribution < 1.29 is 28.7 Å². The predicted octanol–water partition coefficient (Wildman–Crippen LogP) is 1.51. The molecule has 9 heteroatoms. The lowest BCUT2D eigenvalue weighted by molar-refractivity contribution is -0.138. The van der Waals surface area contributed by atoms with Crippen molar-refractivity contribution >= 4 is 34.8 Å².